The molecule has 4 nitrogen and oxygen atoms in total. The van der Waals surface area contributed by atoms with Gasteiger partial charge in [0, 0.05) is 12.8 Å². The standard InChI is InChI=1S/C6H9NO3S/c1-2-10-5-6-7-3-4-11(6,8)9/h3-4H,2,5H2,1H3. The van der Waals surface area contributed by atoms with E-state index in [1.54, 1.807) is 6.92 Å². The van der Waals surface area contributed by atoms with E-state index in [0.717, 1.165) is 5.41 Å². The smallest absolute Gasteiger partial charge is 0.216 e. The van der Waals surface area contributed by atoms with E-state index in [4.69, 9.17) is 4.74 Å². The highest BCUT2D eigenvalue weighted by Gasteiger charge is 2.19. The van der Waals surface area contributed by atoms with E-state index < -0.39 is 9.84 Å². The SMILES string of the molecule is CCOCC1=NC=CS1(=O)=O. The number of hydrogen-bond donors (Lipinski definition) is 0. The zero-order chi connectivity index (χ0) is 8.32. The zero-order valence-corrected chi connectivity index (χ0v) is 6.97. The van der Waals surface area contributed by atoms with E-state index in [9.17, 15) is 8.42 Å². The van der Waals surface area contributed by atoms with Gasteiger partial charge in [0.2, 0.25) is 9.84 Å². The normalized spacial score (nSPS) is 20.3. The second-order valence-electron chi connectivity index (χ2n) is 1.99. The highest BCUT2D eigenvalue weighted by molar-refractivity contribution is 8.09. The zero-order valence-electron chi connectivity index (χ0n) is 6.15. The molecule has 0 radical (unpaired) electrons. The van der Waals surface area contributed by atoms with Crippen molar-refractivity contribution in [3.8, 4) is 0 Å². The third-order valence-corrected chi connectivity index (χ3v) is 2.58. The van der Waals surface area contributed by atoms with Gasteiger partial charge in [0.1, 0.15) is 6.61 Å². The first-order chi connectivity index (χ1) is 5.17. The van der Waals surface area contributed by atoms with Gasteiger partial charge in [-0.2, -0.15) is 0 Å². The van der Waals surface area contributed by atoms with Crippen LogP contribution in [0.5, 0.6) is 0 Å². The molecule has 0 saturated heterocycles. The van der Waals surface area contributed by atoms with Crippen molar-refractivity contribution >= 4 is 14.9 Å². The molecule has 0 fully saturated rings. The molecule has 0 aromatic carbocycles. The summed E-state index contributed by atoms with van der Waals surface area (Å²) in [6, 6.07) is 0. The lowest BCUT2D eigenvalue weighted by atomic mass is 10.7. The van der Waals surface area contributed by atoms with E-state index in [2.05, 4.69) is 4.99 Å². The van der Waals surface area contributed by atoms with Gasteiger partial charge in [0.05, 0.1) is 5.41 Å². The van der Waals surface area contributed by atoms with Crippen molar-refractivity contribution < 1.29 is 13.2 Å². The molecule has 1 aliphatic rings. The molecule has 11 heavy (non-hydrogen) atoms. The highest BCUT2D eigenvalue weighted by atomic mass is 32.2. The Labute approximate surface area is 65.5 Å². The van der Waals surface area contributed by atoms with Gasteiger partial charge in [-0.1, -0.05) is 0 Å². The van der Waals surface area contributed by atoms with Crippen LogP contribution in [0.3, 0.4) is 0 Å². The summed E-state index contributed by atoms with van der Waals surface area (Å²) in [5.41, 5.74) is 0. The quantitative estimate of drug-likeness (QED) is 0.620. The van der Waals surface area contributed by atoms with Crippen LogP contribution in [-0.4, -0.2) is 26.7 Å². The Morgan fingerprint density at radius 1 is 1.64 bits per heavy atom. The van der Waals surface area contributed by atoms with Crippen LogP contribution in [0.2, 0.25) is 0 Å². The van der Waals surface area contributed by atoms with E-state index in [-0.39, 0.29) is 11.7 Å². The predicted octanol–water partition coefficient (Wildman–Crippen LogP) is 0.321. The van der Waals surface area contributed by atoms with Crippen LogP contribution in [0.25, 0.3) is 0 Å². The molecule has 0 saturated carbocycles. The van der Waals surface area contributed by atoms with Gasteiger partial charge in [-0.25, -0.2) is 13.4 Å². The summed E-state index contributed by atoms with van der Waals surface area (Å²) < 4.78 is 26.8. The minimum Gasteiger partial charge on any atom is -0.375 e. The minimum absolute atomic E-state index is 0.0752. The second-order valence-corrected chi connectivity index (χ2v) is 3.82. The lowest BCUT2D eigenvalue weighted by Gasteiger charge is -1.98. The van der Waals surface area contributed by atoms with E-state index >= 15 is 0 Å². The molecule has 5 heteroatoms. The van der Waals surface area contributed by atoms with Crippen LogP contribution in [0.4, 0.5) is 0 Å². The summed E-state index contributed by atoms with van der Waals surface area (Å²) in [5.74, 6) is 0. The molecule has 1 rings (SSSR count). The van der Waals surface area contributed by atoms with E-state index in [0.29, 0.717) is 6.61 Å². The number of hydrogen-bond acceptors (Lipinski definition) is 4. The predicted molar refractivity (Wildman–Crippen MR) is 42.0 cm³/mol. The van der Waals surface area contributed by atoms with Crippen LogP contribution < -0.4 is 0 Å². The van der Waals surface area contributed by atoms with Crippen molar-refractivity contribution in [2.75, 3.05) is 13.2 Å². The molecule has 0 aromatic heterocycles. The Kier molecular flexibility index (Phi) is 2.41. The molecular formula is C6H9NO3S. The molecule has 0 atom stereocenters. The summed E-state index contributed by atoms with van der Waals surface area (Å²) >= 11 is 0. The number of rotatable bonds is 3. The fourth-order valence-corrected chi connectivity index (χ4v) is 1.49. The fourth-order valence-electron chi connectivity index (χ4n) is 0.654. The van der Waals surface area contributed by atoms with Crippen molar-refractivity contribution in [1.29, 1.82) is 0 Å². The maximum Gasteiger partial charge on any atom is 0.216 e. The molecule has 0 unspecified atom stereocenters. The molecule has 0 aromatic rings. The average molecular weight is 175 g/mol. The van der Waals surface area contributed by atoms with Crippen LogP contribution >= 0.6 is 0 Å². The summed E-state index contributed by atoms with van der Waals surface area (Å²) in [6.07, 6.45) is 1.27. The molecule has 0 amide bonds. The monoisotopic (exact) mass is 175 g/mol. The van der Waals surface area contributed by atoms with Crippen molar-refractivity contribution in [2.24, 2.45) is 4.99 Å². The van der Waals surface area contributed by atoms with Gasteiger partial charge in [0.15, 0.2) is 5.04 Å². The molecule has 0 aliphatic carbocycles. The van der Waals surface area contributed by atoms with Gasteiger partial charge >= 0.3 is 0 Å². The maximum atomic E-state index is 11.0. The number of nitrogens with zero attached hydrogens (tertiary/aromatic N) is 1. The van der Waals surface area contributed by atoms with Crippen LogP contribution in [-0.2, 0) is 14.6 Å². The lowest BCUT2D eigenvalue weighted by Crippen LogP contribution is -2.15. The van der Waals surface area contributed by atoms with Crippen molar-refractivity contribution in [3.05, 3.63) is 11.6 Å². The van der Waals surface area contributed by atoms with Crippen molar-refractivity contribution in [2.45, 2.75) is 6.92 Å². The molecule has 0 N–H and O–H groups in total. The van der Waals surface area contributed by atoms with Crippen LogP contribution in [0.15, 0.2) is 16.6 Å². The van der Waals surface area contributed by atoms with E-state index in [1.165, 1.54) is 6.20 Å². The lowest BCUT2D eigenvalue weighted by molar-refractivity contribution is 0.189. The summed E-state index contributed by atoms with van der Waals surface area (Å²) in [4.78, 5) is 3.65. The Hall–Kier alpha value is -0.680. The largest absolute Gasteiger partial charge is 0.375 e. The third-order valence-electron chi connectivity index (χ3n) is 1.22. The average Bonchev–Trinajstić information content (AvgIpc) is 2.25. The topological polar surface area (TPSA) is 55.7 Å². The van der Waals surface area contributed by atoms with Gasteiger partial charge in [-0.15, -0.1) is 0 Å². The first-order valence-corrected chi connectivity index (χ1v) is 4.77. The van der Waals surface area contributed by atoms with Crippen LogP contribution in [0.1, 0.15) is 6.92 Å². The third kappa shape index (κ3) is 1.87. The highest BCUT2D eigenvalue weighted by Crippen LogP contribution is 2.05. The Morgan fingerprint density at radius 3 is 2.82 bits per heavy atom. The summed E-state index contributed by atoms with van der Waals surface area (Å²) in [6.45, 7) is 2.37. The first kappa shape index (κ1) is 8.42. The Balaban J connectivity index is 2.63. The molecule has 62 valence electrons. The first-order valence-electron chi connectivity index (χ1n) is 3.23. The molecule has 0 spiro atoms. The maximum absolute atomic E-state index is 11.0. The summed E-state index contributed by atoms with van der Waals surface area (Å²) in [5, 5.41) is 1.17. The number of aliphatic imine (C=N–C) groups is 1. The molecular weight excluding hydrogens is 166 g/mol. The molecule has 0 bridgehead atoms. The fraction of sp³-hybridized carbons (Fsp3) is 0.500. The molecule has 1 aliphatic heterocycles. The van der Waals surface area contributed by atoms with Crippen molar-refractivity contribution in [1.82, 2.24) is 0 Å². The van der Waals surface area contributed by atoms with Gasteiger partial charge in [-0.05, 0) is 6.92 Å². The Morgan fingerprint density at radius 2 is 2.36 bits per heavy atom. The van der Waals surface area contributed by atoms with Crippen LogP contribution in [0, 0.1) is 0 Å². The van der Waals surface area contributed by atoms with Gasteiger partial charge in [-0.3, -0.25) is 0 Å². The Bertz CT molecular complexity index is 289. The van der Waals surface area contributed by atoms with Gasteiger partial charge in [0.25, 0.3) is 0 Å². The van der Waals surface area contributed by atoms with Gasteiger partial charge < -0.3 is 4.74 Å². The van der Waals surface area contributed by atoms with E-state index in [1.807, 2.05) is 0 Å². The minimum atomic E-state index is -3.21. The summed E-state index contributed by atoms with van der Waals surface area (Å²) in [7, 11) is -3.21. The number of sulfone groups is 1. The number of ether oxygens (including phenoxy) is 1. The van der Waals surface area contributed by atoms with Crippen molar-refractivity contribution in [3.63, 3.8) is 0 Å². The second kappa shape index (κ2) is 3.15. The molecule has 1 heterocycles.